The van der Waals surface area contributed by atoms with Gasteiger partial charge in [-0.15, -0.1) is 0 Å². The van der Waals surface area contributed by atoms with Gasteiger partial charge in [0.05, 0.1) is 12.1 Å². The molecule has 1 aromatic carbocycles. The van der Waals surface area contributed by atoms with E-state index in [2.05, 4.69) is 0 Å². The van der Waals surface area contributed by atoms with E-state index in [9.17, 15) is 5.11 Å². The molecular formula is C12H14ClNO. The first-order valence-corrected chi connectivity index (χ1v) is 5.29. The Kier molecular flexibility index (Phi) is 2.49. The third kappa shape index (κ3) is 1.36. The summed E-state index contributed by atoms with van der Waals surface area (Å²) < 4.78 is 2.02. The zero-order chi connectivity index (χ0) is 11.2. The highest BCUT2D eigenvalue weighted by Crippen LogP contribution is 2.30. The minimum absolute atomic E-state index is 0.0636. The van der Waals surface area contributed by atoms with Gasteiger partial charge >= 0.3 is 0 Å². The Morgan fingerprint density at radius 1 is 1.27 bits per heavy atom. The maximum atomic E-state index is 9.31. The lowest BCUT2D eigenvalue weighted by atomic mass is 10.1. The second-order valence-corrected chi connectivity index (χ2v) is 4.26. The molecule has 2 rings (SSSR count). The lowest BCUT2D eigenvalue weighted by Gasteiger charge is -2.04. The molecule has 0 saturated heterocycles. The summed E-state index contributed by atoms with van der Waals surface area (Å²) in [4.78, 5) is 0. The van der Waals surface area contributed by atoms with Gasteiger partial charge in [0.1, 0.15) is 0 Å². The van der Waals surface area contributed by atoms with Crippen molar-refractivity contribution in [3.05, 3.63) is 34.0 Å². The number of aliphatic hydroxyl groups is 1. The summed E-state index contributed by atoms with van der Waals surface area (Å²) in [7, 11) is 1.96. The SMILES string of the molecule is Cc1c(CO)n(C)c2c(C)c(Cl)ccc12. The fourth-order valence-electron chi connectivity index (χ4n) is 2.18. The van der Waals surface area contributed by atoms with Gasteiger partial charge in [0, 0.05) is 23.2 Å². The standard InChI is InChI=1S/C12H14ClNO/c1-7-9-4-5-10(13)8(2)12(9)14(3)11(7)6-15/h4-5,15H,6H2,1-3H3. The Morgan fingerprint density at radius 2 is 1.93 bits per heavy atom. The van der Waals surface area contributed by atoms with Crippen LogP contribution < -0.4 is 0 Å². The van der Waals surface area contributed by atoms with Crippen molar-refractivity contribution < 1.29 is 5.11 Å². The van der Waals surface area contributed by atoms with Crippen LogP contribution in [0.3, 0.4) is 0 Å². The molecule has 0 amide bonds. The molecule has 0 fully saturated rings. The Labute approximate surface area is 94.1 Å². The zero-order valence-electron chi connectivity index (χ0n) is 9.13. The van der Waals surface area contributed by atoms with Crippen molar-refractivity contribution in [2.45, 2.75) is 20.5 Å². The van der Waals surface area contributed by atoms with Crippen LogP contribution in [0.1, 0.15) is 16.8 Å². The van der Waals surface area contributed by atoms with Crippen LogP contribution in [-0.2, 0) is 13.7 Å². The smallest absolute Gasteiger partial charge is 0.0835 e. The van der Waals surface area contributed by atoms with Gasteiger partial charge in [-0.1, -0.05) is 17.7 Å². The minimum Gasteiger partial charge on any atom is -0.390 e. The van der Waals surface area contributed by atoms with Crippen LogP contribution in [0.15, 0.2) is 12.1 Å². The van der Waals surface area contributed by atoms with E-state index in [-0.39, 0.29) is 6.61 Å². The van der Waals surface area contributed by atoms with Crippen molar-refractivity contribution in [2.75, 3.05) is 0 Å². The quantitative estimate of drug-likeness (QED) is 0.790. The summed E-state index contributed by atoms with van der Waals surface area (Å²) in [6.45, 7) is 4.10. The monoisotopic (exact) mass is 223 g/mol. The number of aryl methyl sites for hydroxylation is 3. The molecular weight excluding hydrogens is 210 g/mol. The highest BCUT2D eigenvalue weighted by Gasteiger charge is 2.13. The van der Waals surface area contributed by atoms with Gasteiger partial charge in [-0.2, -0.15) is 0 Å². The molecule has 2 nitrogen and oxygen atoms in total. The number of halogens is 1. The maximum absolute atomic E-state index is 9.31. The van der Waals surface area contributed by atoms with Crippen LogP contribution in [0.5, 0.6) is 0 Å². The summed E-state index contributed by atoms with van der Waals surface area (Å²) in [6.07, 6.45) is 0. The molecule has 1 aromatic heterocycles. The van der Waals surface area contributed by atoms with Crippen LogP contribution in [0.2, 0.25) is 5.02 Å². The molecule has 0 saturated carbocycles. The Balaban J connectivity index is 2.96. The van der Waals surface area contributed by atoms with Crippen molar-refractivity contribution in [1.82, 2.24) is 4.57 Å². The van der Waals surface area contributed by atoms with E-state index in [1.54, 1.807) is 0 Å². The second kappa shape index (κ2) is 3.54. The van der Waals surface area contributed by atoms with Crippen molar-refractivity contribution in [3.63, 3.8) is 0 Å². The number of aromatic nitrogens is 1. The van der Waals surface area contributed by atoms with E-state index >= 15 is 0 Å². The van der Waals surface area contributed by atoms with Gasteiger partial charge < -0.3 is 9.67 Å². The molecule has 0 unspecified atom stereocenters. The van der Waals surface area contributed by atoms with E-state index in [0.29, 0.717) is 0 Å². The first kappa shape index (κ1) is 10.5. The van der Waals surface area contributed by atoms with Gasteiger partial charge in [0.25, 0.3) is 0 Å². The lowest BCUT2D eigenvalue weighted by Crippen LogP contribution is -1.97. The third-order valence-electron chi connectivity index (χ3n) is 3.09. The van der Waals surface area contributed by atoms with Crippen molar-refractivity contribution in [3.8, 4) is 0 Å². The molecule has 0 atom stereocenters. The van der Waals surface area contributed by atoms with E-state index in [4.69, 9.17) is 11.6 Å². The van der Waals surface area contributed by atoms with Crippen LogP contribution >= 0.6 is 11.6 Å². The molecule has 15 heavy (non-hydrogen) atoms. The number of aliphatic hydroxyl groups excluding tert-OH is 1. The summed E-state index contributed by atoms with van der Waals surface area (Å²) in [5.74, 6) is 0. The third-order valence-corrected chi connectivity index (χ3v) is 3.50. The Morgan fingerprint density at radius 3 is 2.53 bits per heavy atom. The van der Waals surface area contributed by atoms with Crippen LogP contribution in [0, 0.1) is 13.8 Å². The normalized spacial score (nSPS) is 11.3. The number of rotatable bonds is 1. The van der Waals surface area contributed by atoms with E-state index < -0.39 is 0 Å². The van der Waals surface area contributed by atoms with Crippen LogP contribution in [0.4, 0.5) is 0 Å². The predicted octanol–water partition coefficient (Wildman–Crippen LogP) is 2.94. The number of nitrogens with zero attached hydrogens (tertiary/aromatic N) is 1. The first-order chi connectivity index (χ1) is 7.07. The number of hydrogen-bond donors (Lipinski definition) is 1. The molecule has 3 heteroatoms. The molecule has 1 N–H and O–H groups in total. The lowest BCUT2D eigenvalue weighted by molar-refractivity contribution is 0.272. The van der Waals surface area contributed by atoms with Gasteiger partial charge in [0.2, 0.25) is 0 Å². The van der Waals surface area contributed by atoms with Crippen molar-refractivity contribution in [2.24, 2.45) is 7.05 Å². The Hall–Kier alpha value is -0.990. The van der Waals surface area contributed by atoms with Crippen LogP contribution in [0.25, 0.3) is 10.9 Å². The van der Waals surface area contributed by atoms with Gasteiger partial charge in [-0.05, 0) is 31.0 Å². The molecule has 0 radical (unpaired) electrons. The summed E-state index contributed by atoms with van der Waals surface area (Å²) in [5, 5.41) is 11.2. The molecule has 0 aliphatic heterocycles. The Bertz CT molecular complexity index is 528. The predicted molar refractivity (Wildman–Crippen MR) is 63.3 cm³/mol. The van der Waals surface area contributed by atoms with Gasteiger partial charge in [-0.3, -0.25) is 0 Å². The van der Waals surface area contributed by atoms with E-state index in [0.717, 1.165) is 27.4 Å². The maximum Gasteiger partial charge on any atom is 0.0835 e. The van der Waals surface area contributed by atoms with Crippen LogP contribution in [-0.4, -0.2) is 9.67 Å². The molecule has 80 valence electrons. The van der Waals surface area contributed by atoms with E-state index in [1.807, 2.05) is 37.6 Å². The fourth-order valence-corrected chi connectivity index (χ4v) is 2.33. The summed E-state index contributed by atoms with van der Waals surface area (Å²) >= 11 is 6.09. The molecule has 0 spiro atoms. The first-order valence-electron chi connectivity index (χ1n) is 4.91. The second-order valence-electron chi connectivity index (χ2n) is 3.86. The number of benzene rings is 1. The van der Waals surface area contributed by atoms with Gasteiger partial charge in [0.15, 0.2) is 0 Å². The molecule has 0 aliphatic rings. The minimum atomic E-state index is 0.0636. The zero-order valence-corrected chi connectivity index (χ0v) is 9.89. The molecule has 0 aliphatic carbocycles. The largest absolute Gasteiger partial charge is 0.390 e. The topological polar surface area (TPSA) is 25.2 Å². The van der Waals surface area contributed by atoms with E-state index in [1.165, 1.54) is 5.39 Å². The average Bonchev–Trinajstić information content (AvgIpc) is 2.45. The highest BCUT2D eigenvalue weighted by molar-refractivity contribution is 6.32. The molecule has 0 bridgehead atoms. The van der Waals surface area contributed by atoms with Crippen molar-refractivity contribution >= 4 is 22.5 Å². The fraction of sp³-hybridized carbons (Fsp3) is 0.333. The molecule has 1 heterocycles. The summed E-state index contributed by atoms with van der Waals surface area (Å²) in [6, 6.07) is 3.92. The number of fused-ring (bicyclic) bond motifs is 1. The highest BCUT2D eigenvalue weighted by atomic mass is 35.5. The number of hydrogen-bond acceptors (Lipinski definition) is 1. The van der Waals surface area contributed by atoms with Crippen molar-refractivity contribution in [1.29, 1.82) is 0 Å². The van der Waals surface area contributed by atoms with Gasteiger partial charge in [-0.25, -0.2) is 0 Å². The average molecular weight is 224 g/mol. The summed E-state index contributed by atoms with van der Waals surface area (Å²) in [5.41, 5.74) is 4.27. The molecule has 2 aromatic rings.